The van der Waals surface area contributed by atoms with Crippen molar-refractivity contribution in [3.8, 4) is 0 Å². The molecule has 0 heterocycles. The molecule has 0 aromatic heterocycles. The van der Waals surface area contributed by atoms with E-state index in [1.165, 1.54) is 0 Å². The number of amides is 4. The second-order valence-electron chi connectivity index (χ2n) is 3.52. The van der Waals surface area contributed by atoms with Gasteiger partial charge in [0.15, 0.2) is 0 Å². The molecular formula is C9H22N4O2Si. The third-order valence-electron chi connectivity index (χ3n) is 2.42. The van der Waals surface area contributed by atoms with Crippen LogP contribution < -0.4 is 10.6 Å². The second-order valence-corrected chi connectivity index (χ2v) is 6.34. The van der Waals surface area contributed by atoms with Gasteiger partial charge in [0.25, 0.3) is 9.12 Å². The predicted molar refractivity (Wildman–Crippen MR) is 66.7 cm³/mol. The molecular weight excluding hydrogens is 224 g/mol. The number of nitrogens with one attached hydrogen (secondary N) is 2. The minimum absolute atomic E-state index is 0.127. The molecule has 94 valence electrons. The first-order chi connectivity index (χ1) is 7.45. The van der Waals surface area contributed by atoms with Crippen molar-refractivity contribution in [3.05, 3.63) is 0 Å². The molecule has 7 heteroatoms. The Morgan fingerprint density at radius 3 is 1.56 bits per heavy atom. The fourth-order valence-electron chi connectivity index (χ4n) is 1.15. The molecule has 0 spiro atoms. The summed E-state index contributed by atoms with van der Waals surface area (Å²) in [4.78, 5) is 23.1. The van der Waals surface area contributed by atoms with Crippen LogP contribution in [0, 0.1) is 0 Å². The van der Waals surface area contributed by atoms with Crippen LogP contribution in [-0.2, 0) is 0 Å². The lowest BCUT2D eigenvalue weighted by Gasteiger charge is -2.31. The molecule has 0 aliphatic heterocycles. The van der Waals surface area contributed by atoms with Crippen LogP contribution in [0.4, 0.5) is 9.59 Å². The van der Waals surface area contributed by atoms with Gasteiger partial charge in [-0.05, 0) is 20.4 Å². The summed E-state index contributed by atoms with van der Waals surface area (Å²) < 4.78 is 3.25. The fourth-order valence-corrected chi connectivity index (χ4v) is 2.53. The minimum Gasteiger partial charge on any atom is -0.339 e. The largest absolute Gasteiger partial charge is 0.339 e. The molecule has 0 aromatic carbocycles. The molecule has 4 amide bonds. The van der Waals surface area contributed by atoms with E-state index in [2.05, 4.69) is 10.6 Å². The Hall–Kier alpha value is -1.24. The van der Waals surface area contributed by atoms with Crippen molar-refractivity contribution in [2.45, 2.75) is 20.4 Å². The minimum atomic E-state index is -1.73. The average Bonchev–Trinajstić information content (AvgIpc) is 2.26. The maximum atomic E-state index is 11.6. The molecule has 0 bridgehead atoms. The number of hydrogen-bond donors (Lipinski definition) is 2. The van der Waals surface area contributed by atoms with Crippen LogP contribution >= 0.6 is 0 Å². The van der Waals surface area contributed by atoms with E-state index in [1.807, 2.05) is 20.4 Å². The monoisotopic (exact) mass is 246 g/mol. The van der Waals surface area contributed by atoms with Crippen LogP contribution in [0.25, 0.3) is 0 Å². The Kier molecular flexibility index (Phi) is 6.55. The predicted octanol–water partition coefficient (Wildman–Crippen LogP) is 0.159. The fraction of sp³-hybridized carbons (Fsp3) is 0.778. The van der Waals surface area contributed by atoms with Crippen molar-refractivity contribution in [3.63, 3.8) is 0 Å². The lowest BCUT2D eigenvalue weighted by molar-refractivity contribution is 0.219. The maximum Gasteiger partial charge on any atom is 0.310 e. The van der Waals surface area contributed by atoms with E-state index in [1.54, 1.807) is 23.2 Å². The number of hydrogen-bond acceptors (Lipinski definition) is 2. The van der Waals surface area contributed by atoms with Gasteiger partial charge in [0.2, 0.25) is 0 Å². The molecule has 6 nitrogen and oxygen atoms in total. The van der Waals surface area contributed by atoms with Gasteiger partial charge in [0.1, 0.15) is 0 Å². The van der Waals surface area contributed by atoms with E-state index in [0.717, 1.165) is 0 Å². The summed E-state index contributed by atoms with van der Waals surface area (Å²) in [6, 6.07) is -0.254. The Bertz CT molecular complexity index is 226. The first-order valence-electron chi connectivity index (χ1n) is 5.46. The first-order valence-corrected chi connectivity index (χ1v) is 7.65. The van der Waals surface area contributed by atoms with Gasteiger partial charge in [0, 0.05) is 27.2 Å². The molecule has 0 fully saturated rings. The summed E-state index contributed by atoms with van der Waals surface area (Å²) in [7, 11) is 1.71. The summed E-state index contributed by atoms with van der Waals surface area (Å²) >= 11 is 0. The molecule has 0 radical (unpaired) electrons. The highest BCUT2D eigenvalue weighted by Crippen LogP contribution is 1.98. The summed E-state index contributed by atoms with van der Waals surface area (Å²) in [5.41, 5.74) is 0. The molecule has 16 heavy (non-hydrogen) atoms. The molecule has 2 N–H and O–H groups in total. The lowest BCUT2D eigenvalue weighted by Crippen LogP contribution is -2.56. The van der Waals surface area contributed by atoms with E-state index >= 15 is 0 Å². The van der Waals surface area contributed by atoms with Gasteiger partial charge in [-0.25, -0.2) is 9.59 Å². The summed E-state index contributed by atoms with van der Waals surface area (Å²) in [6.45, 7) is 6.85. The molecule has 0 rings (SSSR count). The zero-order valence-corrected chi connectivity index (χ0v) is 11.9. The van der Waals surface area contributed by atoms with E-state index in [0.29, 0.717) is 13.1 Å². The van der Waals surface area contributed by atoms with Crippen LogP contribution in [-0.4, -0.2) is 57.5 Å². The molecule has 0 aromatic rings. The van der Waals surface area contributed by atoms with Gasteiger partial charge in [0.05, 0.1) is 0 Å². The highest BCUT2D eigenvalue weighted by molar-refractivity contribution is 6.56. The van der Waals surface area contributed by atoms with Gasteiger partial charge >= 0.3 is 12.1 Å². The molecule has 0 unspecified atom stereocenters. The Labute approximate surface area is 98.7 Å². The van der Waals surface area contributed by atoms with Crippen molar-refractivity contribution >= 4 is 21.2 Å². The van der Waals surface area contributed by atoms with Gasteiger partial charge in [-0.2, -0.15) is 0 Å². The summed E-state index contributed by atoms with van der Waals surface area (Å²) in [6.07, 6.45) is 0. The van der Waals surface area contributed by atoms with Crippen molar-refractivity contribution in [2.75, 3.05) is 27.2 Å². The van der Waals surface area contributed by atoms with E-state index in [9.17, 15) is 9.59 Å². The zero-order chi connectivity index (χ0) is 12.7. The van der Waals surface area contributed by atoms with Crippen molar-refractivity contribution in [2.24, 2.45) is 0 Å². The van der Waals surface area contributed by atoms with Gasteiger partial charge in [-0.1, -0.05) is 0 Å². The molecule has 0 saturated carbocycles. The van der Waals surface area contributed by atoms with E-state index in [-0.39, 0.29) is 12.1 Å². The average molecular weight is 246 g/mol. The van der Waals surface area contributed by atoms with Crippen LogP contribution in [0.3, 0.4) is 0 Å². The highest BCUT2D eigenvalue weighted by Gasteiger charge is 2.24. The summed E-state index contributed by atoms with van der Waals surface area (Å²) in [5, 5.41) is 5.43. The van der Waals surface area contributed by atoms with Gasteiger partial charge < -0.3 is 19.8 Å². The van der Waals surface area contributed by atoms with Crippen LogP contribution in [0.5, 0.6) is 0 Å². The third kappa shape index (κ3) is 4.09. The molecule has 0 saturated heterocycles. The Balaban J connectivity index is 4.36. The lowest BCUT2D eigenvalue weighted by atomic mass is 10.7. The number of rotatable bonds is 4. The smallest absolute Gasteiger partial charge is 0.310 e. The second kappa shape index (κ2) is 7.10. The van der Waals surface area contributed by atoms with Gasteiger partial charge in [-0.15, -0.1) is 0 Å². The Morgan fingerprint density at radius 2 is 1.31 bits per heavy atom. The zero-order valence-electron chi connectivity index (χ0n) is 10.7. The summed E-state index contributed by atoms with van der Waals surface area (Å²) in [5.74, 6) is 0. The SMILES string of the molecule is CCNC(=O)N(C)[SiH](C)N(C)C(=O)NCC. The highest BCUT2D eigenvalue weighted by atomic mass is 28.3. The number of urea groups is 2. The quantitative estimate of drug-likeness (QED) is 0.694. The van der Waals surface area contributed by atoms with Crippen LogP contribution in [0.15, 0.2) is 0 Å². The van der Waals surface area contributed by atoms with Crippen LogP contribution in [0.1, 0.15) is 13.8 Å². The normalized spacial score (nSPS) is 9.88. The van der Waals surface area contributed by atoms with Crippen molar-refractivity contribution < 1.29 is 9.59 Å². The Morgan fingerprint density at radius 1 is 1.00 bits per heavy atom. The molecule has 0 aliphatic carbocycles. The maximum absolute atomic E-state index is 11.6. The topological polar surface area (TPSA) is 64.7 Å². The standard InChI is InChI=1S/C9H22N4O2Si/c1-6-10-8(14)12(3)16(5)13(4)9(15)11-7-2/h16H,6-7H2,1-5H3,(H,10,14)(H,11,15). The first kappa shape index (κ1) is 14.8. The van der Waals surface area contributed by atoms with Crippen LogP contribution in [0.2, 0.25) is 6.55 Å². The number of carbonyl (C=O) groups is 2. The van der Waals surface area contributed by atoms with Crippen molar-refractivity contribution in [1.82, 2.24) is 19.8 Å². The van der Waals surface area contributed by atoms with Gasteiger partial charge in [-0.3, -0.25) is 0 Å². The van der Waals surface area contributed by atoms with Crippen molar-refractivity contribution in [1.29, 1.82) is 0 Å². The van der Waals surface area contributed by atoms with E-state index in [4.69, 9.17) is 0 Å². The number of carbonyl (C=O) groups excluding carboxylic acids is 2. The third-order valence-corrected chi connectivity index (χ3v) is 5.13. The van der Waals surface area contributed by atoms with E-state index < -0.39 is 9.12 Å². The molecule has 0 aliphatic rings. The molecule has 0 atom stereocenters. The number of nitrogens with zero attached hydrogens (tertiary/aromatic N) is 2.